The summed E-state index contributed by atoms with van der Waals surface area (Å²) in [5.74, 6) is 0. The molecule has 1 aromatic heterocycles. The Morgan fingerprint density at radius 3 is 1.60 bits per heavy atom. The van der Waals surface area contributed by atoms with Gasteiger partial charge in [-0.1, -0.05) is 20.8 Å². The van der Waals surface area contributed by atoms with Gasteiger partial charge in [0.25, 0.3) is 0 Å². The SMILES string of the molecule is Cc1cc(C(C)(C)C)c(C)n1C(C)(C)C. The van der Waals surface area contributed by atoms with Crippen molar-refractivity contribution in [2.75, 3.05) is 0 Å². The lowest BCUT2D eigenvalue weighted by Crippen LogP contribution is -2.25. The van der Waals surface area contributed by atoms with Gasteiger partial charge in [-0.15, -0.1) is 0 Å². The topological polar surface area (TPSA) is 4.93 Å². The van der Waals surface area contributed by atoms with E-state index in [4.69, 9.17) is 0 Å². The predicted molar refractivity (Wildman–Crippen MR) is 67.6 cm³/mol. The highest BCUT2D eigenvalue weighted by Gasteiger charge is 2.25. The summed E-state index contributed by atoms with van der Waals surface area (Å²) in [6.07, 6.45) is 0. The standard InChI is InChI=1S/C14H25N/c1-10-9-12(13(3,4)5)11(2)15(10)14(6,7)8/h9H,1-8H3. The van der Waals surface area contributed by atoms with E-state index in [1.165, 1.54) is 17.0 Å². The smallest absolute Gasteiger partial charge is 0.0360 e. The minimum absolute atomic E-state index is 0.178. The lowest BCUT2D eigenvalue weighted by Gasteiger charge is -2.27. The van der Waals surface area contributed by atoms with E-state index >= 15 is 0 Å². The fraction of sp³-hybridized carbons (Fsp3) is 0.714. The fourth-order valence-corrected chi connectivity index (χ4v) is 2.55. The van der Waals surface area contributed by atoms with Crippen LogP contribution < -0.4 is 0 Å². The van der Waals surface area contributed by atoms with Gasteiger partial charge >= 0.3 is 0 Å². The van der Waals surface area contributed by atoms with E-state index in [1.54, 1.807) is 0 Å². The van der Waals surface area contributed by atoms with Crippen LogP contribution in [0.3, 0.4) is 0 Å². The molecule has 1 rings (SSSR count). The van der Waals surface area contributed by atoms with Crippen LogP contribution in [0.15, 0.2) is 6.07 Å². The lowest BCUT2D eigenvalue weighted by atomic mass is 9.87. The Morgan fingerprint density at radius 2 is 1.40 bits per heavy atom. The second-order valence-corrected chi connectivity index (χ2v) is 6.54. The second-order valence-electron chi connectivity index (χ2n) is 6.54. The summed E-state index contributed by atoms with van der Waals surface area (Å²) in [6.45, 7) is 18.1. The molecule has 1 heteroatoms. The van der Waals surface area contributed by atoms with Crippen LogP contribution in [0.1, 0.15) is 58.5 Å². The van der Waals surface area contributed by atoms with Crippen LogP contribution >= 0.6 is 0 Å². The van der Waals surface area contributed by atoms with Gasteiger partial charge in [-0.05, 0) is 51.7 Å². The van der Waals surface area contributed by atoms with E-state index in [9.17, 15) is 0 Å². The van der Waals surface area contributed by atoms with Gasteiger partial charge < -0.3 is 4.57 Å². The molecule has 86 valence electrons. The summed E-state index contributed by atoms with van der Waals surface area (Å²) in [5, 5.41) is 0. The Morgan fingerprint density at radius 1 is 0.933 bits per heavy atom. The molecule has 1 aromatic rings. The molecular weight excluding hydrogens is 182 g/mol. The normalized spacial score (nSPS) is 13.3. The molecule has 0 atom stereocenters. The zero-order valence-corrected chi connectivity index (χ0v) is 11.5. The monoisotopic (exact) mass is 207 g/mol. The van der Waals surface area contributed by atoms with Gasteiger partial charge in [0.1, 0.15) is 0 Å². The maximum atomic E-state index is 2.44. The van der Waals surface area contributed by atoms with Crippen LogP contribution in [0.4, 0.5) is 0 Å². The third-order valence-electron chi connectivity index (χ3n) is 2.91. The summed E-state index contributed by atoms with van der Waals surface area (Å²) < 4.78 is 2.44. The quantitative estimate of drug-likeness (QED) is 0.602. The van der Waals surface area contributed by atoms with Crippen molar-refractivity contribution in [2.24, 2.45) is 0 Å². The molecule has 1 nitrogen and oxygen atoms in total. The number of aromatic nitrogens is 1. The average molecular weight is 207 g/mol. The number of hydrogen-bond acceptors (Lipinski definition) is 0. The van der Waals surface area contributed by atoms with Gasteiger partial charge in [0.2, 0.25) is 0 Å². The number of nitrogens with zero attached hydrogens (tertiary/aromatic N) is 1. The Labute approximate surface area is 94.5 Å². The van der Waals surface area contributed by atoms with E-state index < -0.39 is 0 Å². The first-order chi connectivity index (χ1) is 6.55. The summed E-state index contributed by atoms with van der Waals surface area (Å²) in [5.41, 5.74) is 4.66. The lowest BCUT2D eigenvalue weighted by molar-refractivity contribution is 0.381. The first-order valence-electron chi connectivity index (χ1n) is 5.75. The molecule has 1 heterocycles. The largest absolute Gasteiger partial charge is 0.344 e. The van der Waals surface area contributed by atoms with Crippen molar-refractivity contribution in [1.82, 2.24) is 4.57 Å². The molecule has 0 saturated carbocycles. The molecule has 0 amide bonds. The van der Waals surface area contributed by atoms with Gasteiger partial charge in [-0.2, -0.15) is 0 Å². The van der Waals surface area contributed by atoms with Crippen molar-refractivity contribution in [3.05, 3.63) is 23.0 Å². The van der Waals surface area contributed by atoms with Gasteiger partial charge in [-0.3, -0.25) is 0 Å². The van der Waals surface area contributed by atoms with E-state index in [0.717, 1.165) is 0 Å². The van der Waals surface area contributed by atoms with Crippen LogP contribution in [0.25, 0.3) is 0 Å². The zero-order valence-electron chi connectivity index (χ0n) is 11.5. The third-order valence-corrected chi connectivity index (χ3v) is 2.91. The van der Waals surface area contributed by atoms with Crippen LogP contribution in [0, 0.1) is 13.8 Å². The Balaban J connectivity index is 3.41. The van der Waals surface area contributed by atoms with Crippen molar-refractivity contribution in [3.63, 3.8) is 0 Å². The predicted octanol–water partition coefficient (Wildman–Crippen LogP) is 4.16. The fourth-order valence-electron chi connectivity index (χ4n) is 2.55. The first kappa shape index (κ1) is 12.4. The van der Waals surface area contributed by atoms with Gasteiger partial charge in [0, 0.05) is 16.9 Å². The van der Waals surface area contributed by atoms with Crippen molar-refractivity contribution in [1.29, 1.82) is 0 Å². The van der Waals surface area contributed by atoms with E-state index in [1.807, 2.05) is 0 Å². The molecule has 0 N–H and O–H groups in total. The molecule has 0 spiro atoms. The van der Waals surface area contributed by atoms with Gasteiger partial charge in [0.15, 0.2) is 0 Å². The van der Waals surface area contributed by atoms with E-state index in [2.05, 4.69) is 66.0 Å². The molecule has 0 aliphatic rings. The highest BCUT2D eigenvalue weighted by atomic mass is 15.1. The molecule has 0 radical (unpaired) electrons. The number of rotatable bonds is 0. The molecular formula is C14H25N. The highest BCUT2D eigenvalue weighted by molar-refractivity contribution is 5.33. The number of hydrogen-bond donors (Lipinski definition) is 0. The minimum Gasteiger partial charge on any atom is -0.344 e. The van der Waals surface area contributed by atoms with Gasteiger partial charge in [-0.25, -0.2) is 0 Å². The molecule has 0 aliphatic carbocycles. The van der Waals surface area contributed by atoms with Crippen molar-refractivity contribution >= 4 is 0 Å². The van der Waals surface area contributed by atoms with Crippen molar-refractivity contribution in [3.8, 4) is 0 Å². The second kappa shape index (κ2) is 3.40. The molecule has 0 bridgehead atoms. The Bertz CT molecular complexity index is 356. The molecule has 15 heavy (non-hydrogen) atoms. The van der Waals surface area contributed by atoms with E-state index in [-0.39, 0.29) is 11.0 Å². The Kier molecular flexibility index (Phi) is 2.80. The van der Waals surface area contributed by atoms with Gasteiger partial charge in [0.05, 0.1) is 0 Å². The molecule has 0 aliphatic heterocycles. The summed E-state index contributed by atoms with van der Waals surface area (Å²) in [6, 6.07) is 2.33. The van der Waals surface area contributed by atoms with E-state index in [0.29, 0.717) is 0 Å². The van der Waals surface area contributed by atoms with Crippen LogP contribution in [0.5, 0.6) is 0 Å². The Hall–Kier alpha value is -0.720. The van der Waals surface area contributed by atoms with Crippen LogP contribution in [0.2, 0.25) is 0 Å². The zero-order chi connectivity index (χ0) is 12.0. The summed E-state index contributed by atoms with van der Waals surface area (Å²) in [4.78, 5) is 0. The third kappa shape index (κ3) is 2.27. The first-order valence-corrected chi connectivity index (χ1v) is 5.75. The van der Waals surface area contributed by atoms with Crippen LogP contribution in [-0.2, 0) is 11.0 Å². The van der Waals surface area contributed by atoms with Crippen molar-refractivity contribution in [2.45, 2.75) is 66.3 Å². The summed E-state index contributed by atoms with van der Waals surface area (Å²) in [7, 11) is 0. The van der Waals surface area contributed by atoms with Crippen molar-refractivity contribution < 1.29 is 0 Å². The molecule has 0 saturated heterocycles. The molecule has 0 unspecified atom stereocenters. The number of aryl methyl sites for hydroxylation is 1. The molecule has 0 aromatic carbocycles. The van der Waals surface area contributed by atoms with Crippen LogP contribution in [-0.4, -0.2) is 4.57 Å². The maximum absolute atomic E-state index is 2.44. The molecule has 0 fully saturated rings. The minimum atomic E-state index is 0.178. The highest BCUT2D eigenvalue weighted by Crippen LogP contribution is 2.31. The summed E-state index contributed by atoms with van der Waals surface area (Å²) >= 11 is 0. The maximum Gasteiger partial charge on any atom is 0.0360 e. The average Bonchev–Trinajstić information content (AvgIpc) is 2.22.